The fourth-order valence-electron chi connectivity index (χ4n) is 2.49. The van der Waals surface area contributed by atoms with Crippen molar-refractivity contribution in [3.05, 3.63) is 5.69 Å². The van der Waals surface area contributed by atoms with E-state index in [4.69, 9.17) is 5.73 Å². The van der Waals surface area contributed by atoms with E-state index >= 15 is 0 Å². The smallest absolute Gasteiger partial charge is 0.150 e. The Bertz CT molecular complexity index is 415. The van der Waals surface area contributed by atoms with Gasteiger partial charge in [0, 0.05) is 30.1 Å². The zero-order chi connectivity index (χ0) is 13.3. The Morgan fingerprint density at radius 3 is 2.83 bits per heavy atom. The van der Waals surface area contributed by atoms with Crippen LogP contribution in [-0.4, -0.2) is 33.4 Å². The van der Waals surface area contributed by atoms with Gasteiger partial charge in [-0.15, -0.1) is 0 Å². The molecule has 2 unspecified atom stereocenters. The van der Waals surface area contributed by atoms with Gasteiger partial charge in [0.2, 0.25) is 0 Å². The van der Waals surface area contributed by atoms with Crippen molar-refractivity contribution in [2.24, 2.45) is 0 Å². The van der Waals surface area contributed by atoms with Crippen molar-refractivity contribution in [1.29, 1.82) is 0 Å². The molecule has 2 atom stereocenters. The van der Waals surface area contributed by atoms with Crippen molar-refractivity contribution in [1.82, 2.24) is 9.78 Å². The van der Waals surface area contributed by atoms with Gasteiger partial charge in [0.05, 0.1) is 11.4 Å². The minimum atomic E-state index is 0.512. The first-order valence-electron chi connectivity index (χ1n) is 6.77. The van der Waals surface area contributed by atoms with Gasteiger partial charge in [0.25, 0.3) is 0 Å². The average Bonchev–Trinajstić information content (AvgIpc) is 2.60. The Morgan fingerprint density at radius 2 is 2.17 bits per heavy atom. The number of aryl methyl sites for hydroxylation is 2. The molecule has 0 spiro atoms. The molecule has 2 N–H and O–H groups in total. The summed E-state index contributed by atoms with van der Waals surface area (Å²) in [5.41, 5.74) is 8.05. The van der Waals surface area contributed by atoms with Crippen molar-refractivity contribution in [3.8, 4) is 0 Å². The molecule has 1 aromatic heterocycles. The fourth-order valence-corrected chi connectivity index (χ4v) is 3.59. The first-order chi connectivity index (χ1) is 8.56. The molecule has 1 aliphatic rings. The van der Waals surface area contributed by atoms with Gasteiger partial charge in [-0.1, -0.05) is 13.8 Å². The average molecular weight is 268 g/mol. The molecule has 0 amide bonds. The summed E-state index contributed by atoms with van der Waals surface area (Å²) in [6.07, 6.45) is 1.08. The lowest BCUT2D eigenvalue weighted by molar-refractivity contribution is 0.554. The number of thioether (sulfide) groups is 1. The molecule has 5 heteroatoms. The van der Waals surface area contributed by atoms with E-state index in [2.05, 4.69) is 35.5 Å². The minimum absolute atomic E-state index is 0.512. The van der Waals surface area contributed by atoms with Crippen molar-refractivity contribution in [2.45, 2.75) is 52.0 Å². The zero-order valence-electron chi connectivity index (χ0n) is 11.8. The van der Waals surface area contributed by atoms with Gasteiger partial charge < -0.3 is 10.6 Å². The molecule has 102 valence electrons. The number of hydrogen-bond donors (Lipinski definition) is 1. The van der Waals surface area contributed by atoms with E-state index in [0.29, 0.717) is 11.3 Å². The second-order valence-corrected chi connectivity index (χ2v) is 6.54. The molecule has 1 aliphatic heterocycles. The summed E-state index contributed by atoms with van der Waals surface area (Å²) >= 11 is 2.04. The number of nitrogen functional groups attached to an aromatic ring is 1. The van der Waals surface area contributed by atoms with E-state index in [1.165, 1.54) is 5.75 Å². The van der Waals surface area contributed by atoms with Crippen molar-refractivity contribution >= 4 is 23.3 Å². The molecule has 1 fully saturated rings. The lowest BCUT2D eigenvalue weighted by Gasteiger charge is -2.39. The molecule has 1 saturated heterocycles. The van der Waals surface area contributed by atoms with Crippen molar-refractivity contribution in [3.63, 3.8) is 0 Å². The molecule has 0 aliphatic carbocycles. The fraction of sp³-hybridized carbons (Fsp3) is 0.769. The van der Waals surface area contributed by atoms with Crippen LogP contribution in [0.1, 0.15) is 32.9 Å². The quantitative estimate of drug-likeness (QED) is 0.915. The third kappa shape index (κ3) is 2.32. The third-order valence-corrected chi connectivity index (χ3v) is 5.08. The third-order valence-electron chi connectivity index (χ3n) is 3.74. The first-order valence-corrected chi connectivity index (χ1v) is 7.82. The predicted molar refractivity (Wildman–Crippen MR) is 80.4 cm³/mol. The highest BCUT2D eigenvalue weighted by Crippen LogP contribution is 2.34. The highest BCUT2D eigenvalue weighted by atomic mass is 32.2. The van der Waals surface area contributed by atoms with E-state index in [9.17, 15) is 0 Å². The lowest BCUT2D eigenvalue weighted by atomic mass is 10.2. The van der Waals surface area contributed by atoms with Gasteiger partial charge in [-0.25, -0.2) is 4.68 Å². The van der Waals surface area contributed by atoms with Crippen LogP contribution in [0, 0.1) is 6.92 Å². The molecule has 0 aromatic carbocycles. The van der Waals surface area contributed by atoms with Gasteiger partial charge in [0.1, 0.15) is 0 Å². The number of nitrogens with two attached hydrogens (primary N) is 1. The summed E-state index contributed by atoms with van der Waals surface area (Å²) in [5, 5.41) is 5.22. The molecule has 2 rings (SSSR count). The SMILES string of the molecule is CCCn1nc(C)c(N)c1N1CCSC(C)C1C. The van der Waals surface area contributed by atoms with E-state index in [1.807, 2.05) is 18.7 Å². The lowest BCUT2D eigenvalue weighted by Crippen LogP contribution is -2.46. The summed E-state index contributed by atoms with van der Waals surface area (Å²) in [5.74, 6) is 2.30. The van der Waals surface area contributed by atoms with Crippen LogP contribution in [0.4, 0.5) is 11.5 Å². The van der Waals surface area contributed by atoms with Crippen molar-refractivity contribution in [2.75, 3.05) is 22.9 Å². The number of rotatable bonds is 3. The van der Waals surface area contributed by atoms with Gasteiger partial charge >= 0.3 is 0 Å². The molecular weight excluding hydrogens is 244 g/mol. The Kier molecular flexibility index (Phi) is 4.10. The Morgan fingerprint density at radius 1 is 1.44 bits per heavy atom. The maximum Gasteiger partial charge on any atom is 0.150 e. The Labute approximate surface area is 114 Å². The molecule has 2 heterocycles. The second-order valence-electron chi connectivity index (χ2n) is 5.06. The molecular formula is C13H24N4S. The molecule has 0 radical (unpaired) electrons. The summed E-state index contributed by atoms with van der Waals surface area (Å²) in [4.78, 5) is 2.44. The van der Waals surface area contributed by atoms with Crippen LogP contribution in [-0.2, 0) is 6.54 Å². The van der Waals surface area contributed by atoms with Crippen LogP contribution in [0.3, 0.4) is 0 Å². The topological polar surface area (TPSA) is 47.1 Å². The Hall–Kier alpha value is -0.840. The number of nitrogens with zero attached hydrogens (tertiary/aromatic N) is 3. The van der Waals surface area contributed by atoms with Crippen LogP contribution >= 0.6 is 11.8 Å². The number of hydrogen-bond acceptors (Lipinski definition) is 4. The first kappa shape index (κ1) is 13.6. The van der Waals surface area contributed by atoms with Gasteiger partial charge in [-0.05, 0) is 20.3 Å². The molecule has 0 saturated carbocycles. The molecule has 4 nitrogen and oxygen atoms in total. The van der Waals surface area contributed by atoms with Crippen LogP contribution in [0.2, 0.25) is 0 Å². The predicted octanol–water partition coefficient (Wildman–Crippen LogP) is 2.51. The normalized spacial score (nSPS) is 24.6. The van der Waals surface area contributed by atoms with E-state index in [-0.39, 0.29) is 0 Å². The maximum atomic E-state index is 6.24. The summed E-state index contributed by atoms with van der Waals surface area (Å²) < 4.78 is 2.09. The molecule has 0 bridgehead atoms. The highest BCUT2D eigenvalue weighted by Gasteiger charge is 2.29. The second kappa shape index (κ2) is 5.43. The minimum Gasteiger partial charge on any atom is -0.394 e. The summed E-state index contributed by atoms with van der Waals surface area (Å²) in [6.45, 7) is 10.8. The largest absolute Gasteiger partial charge is 0.394 e. The van der Waals surface area contributed by atoms with Crippen LogP contribution in [0.15, 0.2) is 0 Å². The summed E-state index contributed by atoms with van der Waals surface area (Å²) in [6, 6.07) is 0.512. The monoisotopic (exact) mass is 268 g/mol. The highest BCUT2D eigenvalue weighted by molar-refractivity contribution is 8.00. The molecule has 18 heavy (non-hydrogen) atoms. The van der Waals surface area contributed by atoms with E-state index in [1.54, 1.807) is 0 Å². The number of aromatic nitrogens is 2. The zero-order valence-corrected chi connectivity index (χ0v) is 12.6. The van der Waals surface area contributed by atoms with Crippen LogP contribution in [0.5, 0.6) is 0 Å². The number of anilines is 2. The van der Waals surface area contributed by atoms with E-state index < -0.39 is 0 Å². The van der Waals surface area contributed by atoms with E-state index in [0.717, 1.165) is 36.7 Å². The standard InChI is InChI=1S/C13H24N4S/c1-5-6-17-13(12(14)9(2)15-17)16-7-8-18-11(4)10(16)3/h10-11H,5-8,14H2,1-4H3. The van der Waals surface area contributed by atoms with Crippen LogP contribution < -0.4 is 10.6 Å². The molecule has 1 aromatic rings. The van der Waals surface area contributed by atoms with Gasteiger partial charge in [0.15, 0.2) is 5.82 Å². The Balaban J connectivity index is 2.36. The van der Waals surface area contributed by atoms with Crippen molar-refractivity contribution < 1.29 is 0 Å². The van der Waals surface area contributed by atoms with Gasteiger partial charge in [-0.2, -0.15) is 16.9 Å². The van der Waals surface area contributed by atoms with Gasteiger partial charge in [-0.3, -0.25) is 0 Å². The van der Waals surface area contributed by atoms with Crippen LogP contribution in [0.25, 0.3) is 0 Å². The summed E-state index contributed by atoms with van der Waals surface area (Å²) in [7, 11) is 0. The maximum absolute atomic E-state index is 6.24.